The highest BCUT2D eigenvalue weighted by atomic mass is 16.4. The Balaban J connectivity index is 1.66. The Morgan fingerprint density at radius 1 is 1.38 bits per heavy atom. The summed E-state index contributed by atoms with van der Waals surface area (Å²) in [7, 11) is 0. The molecule has 0 aliphatic carbocycles. The van der Waals surface area contributed by atoms with Crippen LogP contribution in [-0.4, -0.2) is 20.7 Å². The van der Waals surface area contributed by atoms with Gasteiger partial charge >= 0.3 is 0 Å². The average molecular weight is 326 g/mol. The Morgan fingerprint density at radius 3 is 2.92 bits per heavy atom. The van der Waals surface area contributed by atoms with Gasteiger partial charge in [0.1, 0.15) is 5.76 Å². The number of carbonyl (C=O) groups excluding carboxylic acids is 1. The first kappa shape index (κ1) is 15.8. The molecule has 0 saturated carbocycles. The maximum Gasteiger partial charge on any atom is 0.287 e. The van der Waals surface area contributed by atoms with E-state index >= 15 is 0 Å². The van der Waals surface area contributed by atoms with Crippen molar-refractivity contribution in [1.29, 1.82) is 0 Å². The number of aryl methyl sites for hydroxylation is 2. The molecule has 0 atom stereocenters. The Bertz CT molecular complexity index is 906. The molecular formula is C17H18N4O3. The number of hydrogen-bond acceptors (Lipinski definition) is 4. The van der Waals surface area contributed by atoms with Crippen LogP contribution >= 0.6 is 0 Å². The van der Waals surface area contributed by atoms with Gasteiger partial charge < -0.3 is 14.7 Å². The molecule has 2 N–H and O–H groups in total. The number of nitrogens with zero attached hydrogens (tertiary/aromatic N) is 2. The Hall–Kier alpha value is -3.09. The number of aromatic nitrogens is 3. The molecule has 0 spiro atoms. The first-order valence-corrected chi connectivity index (χ1v) is 7.56. The second-order valence-electron chi connectivity index (χ2n) is 5.60. The normalized spacial score (nSPS) is 10.8. The topological polar surface area (TPSA) is 92.9 Å². The van der Waals surface area contributed by atoms with Crippen molar-refractivity contribution >= 4 is 5.91 Å². The van der Waals surface area contributed by atoms with Gasteiger partial charge in [0.05, 0.1) is 6.54 Å². The van der Waals surface area contributed by atoms with Gasteiger partial charge in [-0.2, -0.15) is 5.10 Å². The van der Waals surface area contributed by atoms with Crippen LogP contribution in [0, 0.1) is 13.8 Å². The van der Waals surface area contributed by atoms with E-state index in [1.165, 1.54) is 0 Å². The summed E-state index contributed by atoms with van der Waals surface area (Å²) < 4.78 is 7.23. The largest absolute Gasteiger partial charge is 0.454 e. The highest BCUT2D eigenvalue weighted by Crippen LogP contribution is 2.10. The molecule has 0 saturated heterocycles. The predicted molar refractivity (Wildman–Crippen MR) is 87.7 cm³/mol. The highest BCUT2D eigenvalue weighted by molar-refractivity contribution is 5.91. The van der Waals surface area contributed by atoms with Gasteiger partial charge in [-0.3, -0.25) is 14.3 Å². The van der Waals surface area contributed by atoms with Crippen LogP contribution in [0.3, 0.4) is 0 Å². The maximum atomic E-state index is 12.2. The molecule has 7 heteroatoms. The van der Waals surface area contributed by atoms with E-state index in [2.05, 4.69) is 15.4 Å². The van der Waals surface area contributed by atoms with Gasteiger partial charge in [-0.1, -0.05) is 0 Å². The van der Waals surface area contributed by atoms with Crippen LogP contribution < -0.4 is 10.9 Å². The summed E-state index contributed by atoms with van der Waals surface area (Å²) in [5, 5.41) is 6.80. The summed E-state index contributed by atoms with van der Waals surface area (Å²) in [5.41, 5.74) is 1.99. The lowest BCUT2D eigenvalue weighted by Gasteiger charge is -2.07. The molecule has 0 aromatic carbocycles. The number of pyridine rings is 1. The number of furan rings is 1. The van der Waals surface area contributed by atoms with Crippen molar-refractivity contribution in [3.05, 3.63) is 75.4 Å². The summed E-state index contributed by atoms with van der Waals surface area (Å²) in [6, 6.07) is 7.04. The lowest BCUT2D eigenvalue weighted by Crippen LogP contribution is -2.27. The van der Waals surface area contributed by atoms with Crippen molar-refractivity contribution in [2.24, 2.45) is 0 Å². The van der Waals surface area contributed by atoms with Crippen LogP contribution in [0.25, 0.3) is 0 Å². The fourth-order valence-corrected chi connectivity index (χ4v) is 2.50. The molecule has 0 bridgehead atoms. The monoisotopic (exact) mass is 326 g/mol. The van der Waals surface area contributed by atoms with Crippen LogP contribution in [0.1, 0.15) is 33.1 Å². The summed E-state index contributed by atoms with van der Waals surface area (Å²) >= 11 is 0. The molecule has 0 aliphatic rings. The SMILES string of the molecule is Cc1cc(C)c(CNC(=O)c2ccc(Cn3cccn3)o2)c(=O)[nH]1. The van der Waals surface area contributed by atoms with Gasteiger partial charge in [-0.05, 0) is 43.7 Å². The number of hydrogen-bond donors (Lipinski definition) is 2. The van der Waals surface area contributed by atoms with Gasteiger partial charge in [0.2, 0.25) is 0 Å². The third-order valence-electron chi connectivity index (χ3n) is 3.68. The third kappa shape index (κ3) is 3.45. The van der Waals surface area contributed by atoms with E-state index in [9.17, 15) is 9.59 Å². The number of carbonyl (C=O) groups is 1. The lowest BCUT2D eigenvalue weighted by molar-refractivity contribution is 0.0921. The number of nitrogens with one attached hydrogen (secondary N) is 2. The average Bonchev–Trinajstić information content (AvgIpc) is 3.18. The van der Waals surface area contributed by atoms with Crippen molar-refractivity contribution in [3.63, 3.8) is 0 Å². The fraction of sp³-hybridized carbons (Fsp3) is 0.235. The summed E-state index contributed by atoms with van der Waals surface area (Å²) in [4.78, 5) is 26.9. The molecule has 1 amide bonds. The van der Waals surface area contributed by atoms with Crippen molar-refractivity contribution in [2.75, 3.05) is 0 Å². The number of aromatic amines is 1. The minimum absolute atomic E-state index is 0.148. The third-order valence-corrected chi connectivity index (χ3v) is 3.68. The molecule has 0 fully saturated rings. The summed E-state index contributed by atoms with van der Waals surface area (Å²) in [6.07, 6.45) is 3.49. The molecule has 24 heavy (non-hydrogen) atoms. The molecule has 3 aromatic rings. The van der Waals surface area contributed by atoms with E-state index in [-0.39, 0.29) is 23.8 Å². The van der Waals surface area contributed by atoms with Crippen LogP contribution in [-0.2, 0) is 13.1 Å². The molecule has 3 heterocycles. The second kappa shape index (κ2) is 6.57. The summed E-state index contributed by atoms with van der Waals surface area (Å²) in [6.45, 7) is 4.27. The van der Waals surface area contributed by atoms with Crippen LogP contribution in [0.4, 0.5) is 0 Å². The summed E-state index contributed by atoms with van der Waals surface area (Å²) in [5.74, 6) is 0.479. The molecule has 3 rings (SSSR count). The van der Waals surface area contributed by atoms with Crippen LogP contribution in [0.5, 0.6) is 0 Å². The molecule has 0 unspecified atom stereocenters. The number of H-pyrrole nitrogens is 1. The number of amides is 1. The van der Waals surface area contributed by atoms with Gasteiger partial charge in [0, 0.05) is 30.2 Å². The molecule has 3 aromatic heterocycles. The van der Waals surface area contributed by atoms with E-state index in [1.54, 1.807) is 23.0 Å². The van der Waals surface area contributed by atoms with Crippen molar-refractivity contribution in [3.8, 4) is 0 Å². The standard InChI is InChI=1S/C17H18N4O3/c1-11-8-12(2)20-16(22)14(11)9-18-17(23)15-5-4-13(24-15)10-21-7-3-6-19-21/h3-8H,9-10H2,1-2H3,(H,18,23)(H,20,22). The highest BCUT2D eigenvalue weighted by Gasteiger charge is 2.13. The Kier molecular flexibility index (Phi) is 4.33. The zero-order valence-corrected chi connectivity index (χ0v) is 13.5. The molecule has 7 nitrogen and oxygen atoms in total. The zero-order valence-electron chi connectivity index (χ0n) is 13.5. The molecule has 0 aliphatic heterocycles. The quantitative estimate of drug-likeness (QED) is 0.747. The smallest absolute Gasteiger partial charge is 0.287 e. The minimum Gasteiger partial charge on any atom is -0.454 e. The van der Waals surface area contributed by atoms with E-state index < -0.39 is 0 Å². The maximum absolute atomic E-state index is 12.2. The van der Waals surface area contributed by atoms with E-state index in [1.807, 2.05) is 32.2 Å². The van der Waals surface area contributed by atoms with Crippen LogP contribution in [0.15, 0.2) is 45.9 Å². The Morgan fingerprint density at radius 2 is 2.21 bits per heavy atom. The first-order chi connectivity index (χ1) is 11.5. The zero-order chi connectivity index (χ0) is 17.1. The van der Waals surface area contributed by atoms with Gasteiger partial charge in [0.15, 0.2) is 5.76 Å². The van der Waals surface area contributed by atoms with E-state index in [4.69, 9.17) is 4.42 Å². The Labute approximate surface area is 138 Å². The van der Waals surface area contributed by atoms with Gasteiger partial charge in [-0.15, -0.1) is 0 Å². The van der Waals surface area contributed by atoms with Crippen molar-refractivity contribution < 1.29 is 9.21 Å². The lowest BCUT2D eigenvalue weighted by atomic mass is 10.1. The molecular weight excluding hydrogens is 308 g/mol. The van der Waals surface area contributed by atoms with E-state index in [0.717, 1.165) is 11.3 Å². The van der Waals surface area contributed by atoms with Gasteiger partial charge in [0.25, 0.3) is 11.5 Å². The van der Waals surface area contributed by atoms with E-state index in [0.29, 0.717) is 17.9 Å². The van der Waals surface area contributed by atoms with Gasteiger partial charge in [-0.25, -0.2) is 0 Å². The number of rotatable bonds is 5. The van der Waals surface area contributed by atoms with Crippen molar-refractivity contribution in [1.82, 2.24) is 20.1 Å². The first-order valence-electron chi connectivity index (χ1n) is 7.56. The van der Waals surface area contributed by atoms with Crippen molar-refractivity contribution in [2.45, 2.75) is 26.9 Å². The molecule has 124 valence electrons. The minimum atomic E-state index is -0.360. The van der Waals surface area contributed by atoms with Crippen LogP contribution in [0.2, 0.25) is 0 Å². The second-order valence-corrected chi connectivity index (χ2v) is 5.60. The predicted octanol–water partition coefficient (Wildman–Crippen LogP) is 1.76. The fourth-order valence-electron chi connectivity index (χ4n) is 2.50. The molecule has 0 radical (unpaired) electrons.